The lowest BCUT2D eigenvalue weighted by Gasteiger charge is -2.16. The monoisotopic (exact) mass is 366 g/mol. The SMILES string of the molecule is C=CCC(NN)c1cc(I)ccc1Br. The third-order valence-corrected chi connectivity index (χ3v) is 3.33. The molecule has 14 heavy (non-hydrogen) atoms. The van der Waals surface area contributed by atoms with Crippen LogP contribution in [-0.4, -0.2) is 0 Å². The van der Waals surface area contributed by atoms with E-state index in [1.165, 1.54) is 9.13 Å². The predicted octanol–water partition coefficient (Wildman–Crippen LogP) is 3.13. The summed E-state index contributed by atoms with van der Waals surface area (Å²) >= 11 is 5.79. The summed E-state index contributed by atoms with van der Waals surface area (Å²) in [6.45, 7) is 3.71. The van der Waals surface area contributed by atoms with Gasteiger partial charge in [0.1, 0.15) is 0 Å². The molecule has 0 heterocycles. The Morgan fingerprint density at radius 3 is 2.93 bits per heavy atom. The molecule has 1 atom stereocenters. The van der Waals surface area contributed by atoms with Gasteiger partial charge in [0.05, 0.1) is 6.04 Å². The Kier molecular flexibility index (Phi) is 5.08. The molecule has 0 fully saturated rings. The molecule has 0 aromatic heterocycles. The van der Waals surface area contributed by atoms with E-state index >= 15 is 0 Å². The van der Waals surface area contributed by atoms with Gasteiger partial charge in [0.25, 0.3) is 0 Å². The molecule has 0 saturated carbocycles. The molecular weight excluding hydrogens is 355 g/mol. The van der Waals surface area contributed by atoms with Crippen molar-refractivity contribution < 1.29 is 0 Å². The zero-order chi connectivity index (χ0) is 10.6. The highest BCUT2D eigenvalue weighted by Gasteiger charge is 2.11. The van der Waals surface area contributed by atoms with Crippen molar-refractivity contribution >= 4 is 38.5 Å². The molecule has 4 heteroatoms. The van der Waals surface area contributed by atoms with Crippen molar-refractivity contribution in [2.45, 2.75) is 12.5 Å². The second kappa shape index (κ2) is 5.85. The maximum Gasteiger partial charge on any atom is 0.0505 e. The first-order chi connectivity index (χ1) is 6.69. The van der Waals surface area contributed by atoms with E-state index in [9.17, 15) is 0 Å². The lowest BCUT2D eigenvalue weighted by Crippen LogP contribution is -2.27. The average molecular weight is 367 g/mol. The molecule has 76 valence electrons. The average Bonchev–Trinajstić information content (AvgIpc) is 2.18. The first-order valence-corrected chi connectivity index (χ1v) is 6.08. The summed E-state index contributed by atoms with van der Waals surface area (Å²) in [5.74, 6) is 5.49. The molecule has 1 aromatic carbocycles. The minimum atomic E-state index is 0.122. The number of hydrogen-bond donors (Lipinski definition) is 2. The van der Waals surface area contributed by atoms with Gasteiger partial charge in [0.2, 0.25) is 0 Å². The van der Waals surface area contributed by atoms with E-state index in [2.05, 4.69) is 62.7 Å². The summed E-state index contributed by atoms with van der Waals surface area (Å²) in [5, 5.41) is 0. The van der Waals surface area contributed by atoms with Crippen LogP contribution < -0.4 is 11.3 Å². The molecule has 0 aliphatic carbocycles. The first kappa shape index (κ1) is 12.2. The van der Waals surface area contributed by atoms with Gasteiger partial charge in [-0.3, -0.25) is 11.3 Å². The van der Waals surface area contributed by atoms with Crippen LogP contribution in [0.1, 0.15) is 18.0 Å². The summed E-state index contributed by atoms with van der Waals surface area (Å²) in [4.78, 5) is 0. The fourth-order valence-electron chi connectivity index (χ4n) is 1.23. The van der Waals surface area contributed by atoms with Gasteiger partial charge in [-0.15, -0.1) is 6.58 Å². The Balaban J connectivity index is 3.01. The molecule has 2 nitrogen and oxygen atoms in total. The van der Waals surface area contributed by atoms with Crippen molar-refractivity contribution in [1.82, 2.24) is 5.43 Å². The Morgan fingerprint density at radius 1 is 1.64 bits per heavy atom. The molecule has 3 N–H and O–H groups in total. The molecule has 1 rings (SSSR count). The lowest BCUT2D eigenvalue weighted by atomic mass is 10.0. The van der Waals surface area contributed by atoms with E-state index in [0.717, 1.165) is 10.9 Å². The second-order valence-corrected chi connectivity index (χ2v) is 5.01. The van der Waals surface area contributed by atoms with Gasteiger partial charge in [0, 0.05) is 8.04 Å². The number of hydrazine groups is 1. The van der Waals surface area contributed by atoms with Gasteiger partial charge in [-0.05, 0) is 52.8 Å². The van der Waals surface area contributed by atoms with E-state index in [4.69, 9.17) is 5.84 Å². The van der Waals surface area contributed by atoms with Gasteiger partial charge in [0.15, 0.2) is 0 Å². The Morgan fingerprint density at radius 2 is 2.36 bits per heavy atom. The summed E-state index contributed by atoms with van der Waals surface area (Å²) in [5.41, 5.74) is 3.95. The highest BCUT2D eigenvalue weighted by Crippen LogP contribution is 2.27. The predicted molar refractivity (Wildman–Crippen MR) is 71.7 cm³/mol. The van der Waals surface area contributed by atoms with Gasteiger partial charge < -0.3 is 0 Å². The first-order valence-electron chi connectivity index (χ1n) is 4.21. The maximum atomic E-state index is 5.49. The summed E-state index contributed by atoms with van der Waals surface area (Å²) in [6, 6.07) is 6.32. The van der Waals surface area contributed by atoms with Crippen LogP contribution >= 0.6 is 38.5 Å². The van der Waals surface area contributed by atoms with Gasteiger partial charge in [-0.25, -0.2) is 0 Å². The highest BCUT2D eigenvalue weighted by atomic mass is 127. The summed E-state index contributed by atoms with van der Waals surface area (Å²) in [6.07, 6.45) is 2.67. The van der Waals surface area contributed by atoms with Crippen molar-refractivity contribution in [3.05, 3.63) is 44.5 Å². The number of benzene rings is 1. The number of nitrogens with two attached hydrogens (primary N) is 1. The van der Waals surface area contributed by atoms with Crippen molar-refractivity contribution in [1.29, 1.82) is 0 Å². The summed E-state index contributed by atoms with van der Waals surface area (Å²) in [7, 11) is 0. The zero-order valence-electron chi connectivity index (χ0n) is 7.63. The number of halogens is 2. The molecule has 0 aliphatic rings. The van der Waals surface area contributed by atoms with Crippen molar-refractivity contribution in [3.63, 3.8) is 0 Å². The molecule has 1 unspecified atom stereocenters. The minimum absolute atomic E-state index is 0.122. The molecular formula is C10H12BrIN2. The molecule has 1 aromatic rings. The number of hydrogen-bond acceptors (Lipinski definition) is 2. The van der Waals surface area contributed by atoms with Crippen molar-refractivity contribution in [2.24, 2.45) is 5.84 Å². The number of nitrogens with one attached hydrogen (secondary N) is 1. The molecule has 0 bridgehead atoms. The Labute approximate surface area is 106 Å². The highest BCUT2D eigenvalue weighted by molar-refractivity contribution is 14.1. The van der Waals surface area contributed by atoms with E-state index in [1.54, 1.807) is 0 Å². The van der Waals surface area contributed by atoms with Gasteiger partial charge >= 0.3 is 0 Å². The van der Waals surface area contributed by atoms with Crippen LogP contribution in [0.3, 0.4) is 0 Å². The number of rotatable bonds is 4. The van der Waals surface area contributed by atoms with Crippen LogP contribution in [0.4, 0.5) is 0 Å². The smallest absolute Gasteiger partial charge is 0.0505 e. The Bertz CT molecular complexity index is 328. The minimum Gasteiger partial charge on any atom is -0.271 e. The molecule has 0 aliphatic heterocycles. The van der Waals surface area contributed by atoms with Crippen LogP contribution in [0.2, 0.25) is 0 Å². The fourth-order valence-corrected chi connectivity index (χ4v) is 2.27. The van der Waals surface area contributed by atoms with E-state index in [-0.39, 0.29) is 6.04 Å². The lowest BCUT2D eigenvalue weighted by molar-refractivity contribution is 0.559. The van der Waals surface area contributed by atoms with Crippen LogP contribution in [0.25, 0.3) is 0 Å². The van der Waals surface area contributed by atoms with E-state index in [1.807, 2.05) is 12.1 Å². The Hall–Kier alpha value is 0.0900. The molecule has 0 saturated heterocycles. The topological polar surface area (TPSA) is 38.0 Å². The van der Waals surface area contributed by atoms with Crippen LogP contribution in [0.15, 0.2) is 35.3 Å². The molecule has 0 radical (unpaired) electrons. The van der Waals surface area contributed by atoms with Crippen LogP contribution in [-0.2, 0) is 0 Å². The standard InChI is InChI=1S/C10H12BrIN2/c1-2-3-10(14-13)8-6-7(12)4-5-9(8)11/h2,4-6,10,14H,1,3,13H2. The van der Waals surface area contributed by atoms with Crippen molar-refractivity contribution in [3.8, 4) is 0 Å². The largest absolute Gasteiger partial charge is 0.271 e. The second-order valence-electron chi connectivity index (χ2n) is 2.91. The molecule has 0 spiro atoms. The fraction of sp³-hybridized carbons (Fsp3) is 0.200. The maximum absolute atomic E-state index is 5.49. The third-order valence-electron chi connectivity index (χ3n) is 1.94. The normalized spacial score (nSPS) is 12.5. The zero-order valence-corrected chi connectivity index (χ0v) is 11.4. The quantitative estimate of drug-likeness (QED) is 0.372. The van der Waals surface area contributed by atoms with Gasteiger partial charge in [-0.2, -0.15) is 0 Å². The van der Waals surface area contributed by atoms with Crippen LogP contribution in [0.5, 0.6) is 0 Å². The van der Waals surface area contributed by atoms with Crippen LogP contribution in [0, 0.1) is 3.57 Å². The van der Waals surface area contributed by atoms with Crippen molar-refractivity contribution in [2.75, 3.05) is 0 Å². The van der Waals surface area contributed by atoms with Gasteiger partial charge in [-0.1, -0.05) is 22.0 Å². The third kappa shape index (κ3) is 3.05. The molecule has 0 amide bonds. The van der Waals surface area contributed by atoms with E-state index in [0.29, 0.717) is 0 Å². The van der Waals surface area contributed by atoms with E-state index < -0.39 is 0 Å². The summed E-state index contributed by atoms with van der Waals surface area (Å²) < 4.78 is 2.27.